The number of piperidine rings is 1. The quantitative estimate of drug-likeness (QED) is 0.882. The van der Waals surface area contributed by atoms with Gasteiger partial charge in [-0.3, -0.25) is 9.59 Å². The van der Waals surface area contributed by atoms with Gasteiger partial charge in [0, 0.05) is 24.1 Å². The Balaban J connectivity index is 1.40. The van der Waals surface area contributed by atoms with Gasteiger partial charge in [0.25, 0.3) is 5.91 Å². The van der Waals surface area contributed by atoms with Gasteiger partial charge in [-0.2, -0.15) is 0 Å². The van der Waals surface area contributed by atoms with Crippen molar-refractivity contribution in [3.05, 3.63) is 23.8 Å². The van der Waals surface area contributed by atoms with E-state index in [2.05, 4.69) is 17.6 Å². The first-order valence-corrected chi connectivity index (χ1v) is 9.14. The van der Waals surface area contributed by atoms with E-state index in [1.165, 1.54) is 0 Å². The van der Waals surface area contributed by atoms with E-state index in [4.69, 9.17) is 9.47 Å². The fourth-order valence-electron chi connectivity index (χ4n) is 4.46. The van der Waals surface area contributed by atoms with Crippen LogP contribution < -0.4 is 20.1 Å². The number of fused-ring (bicyclic) bond motifs is 2. The lowest BCUT2D eigenvalue weighted by Gasteiger charge is -2.44. The van der Waals surface area contributed by atoms with E-state index in [0.717, 1.165) is 25.7 Å². The van der Waals surface area contributed by atoms with Gasteiger partial charge in [-0.05, 0) is 49.3 Å². The molecule has 6 heteroatoms. The van der Waals surface area contributed by atoms with Gasteiger partial charge < -0.3 is 20.1 Å². The lowest BCUT2D eigenvalue weighted by molar-refractivity contribution is -0.127. The van der Waals surface area contributed by atoms with Gasteiger partial charge in [0.05, 0.1) is 0 Å². The highest BCUT2D eigenvalue weighted by atomic mass is 16.7. The summed E-state index contributed by atoms with van der Waals surface area (Å²) in [5, 5.41) is 6.25. The van der Waals surface area contributed by atoms with Gasteiger partial charge in [-0.15, -0.1) is 0 Å². The molecule has 0 aromatic heterocycles. The molecule has 3 aliphatic rings. The van der Waals surface area contributed by atoms with E-state index in [1.54, 1.807) is 18.2 Å². The second-order valence-electron chi connectivity index (χ2n) is 7.26. The topological polar surface area (TPSA) is 76.7 Å². The summed E-state index contributed by atoms with van der Waals surface area (Å²) in [6.07, 6.45) is 4.51. The minimum atomic E-state index is -0.101. The maximum absolute atomic E-state index is 12.6. The van der Waals surface area contributed by atoms with Crippen molar-refractivity contribution in [3.63, 3.8) is 0 Å². The molecule has 1 aromatic carbocycles. The van der Waals surface area contributed by atoms with E-state index in [0.29, 0.717) is 35.3 Å². The van der Waals surface area contributed by atoms with Crippen molar-refractivity contribution in [2.45, 2.75) is 51.1 Å². The smallest absolute Gasteiger partial charge is 0.251 e. The van der Waals surface area contributed by atoms with E-state index < -0.39 is 0 Å². The zero-order valence-corrected chi connectivity index (χ0v) is 14.4. The van der Waals surface area contributed by atoms with Gasteiger partial charge in [0.2, 0.25) is 12.7 Å². The summed E-state index contributed by atoms with van der Waals surface area (Å²) in [7, 11) is 0. The molecule has 1 aromatic rings. The van der Waals surface area contributed by atoms with Gasteiger partial charge in [0.1, 0.15) is 0 Å². The Morgan fingerprint density at radius 3 is 2.96 bits per heavy atom. The molecule has 25 heavy (non-hydrogen) atoms. The maximum atomic E-state index is 12.6. The Hall–Kier alpha value is -2.24. The molecule has 134 valence electrons. The first-order chi connectivity index (χ1) is 12.1. The lowest BCUT2D eigenvalue weighted by atomic mass is 9.70. The van der Waals surface area contributed by atoms with Crippen molar-refractivity contribution in [1.82, 2.24) is 10.6 Å². The number of nitrogens with one attached hydrogen (secondary N) is 2. The molecule has 1 saturated carbocycles. The Morgan fingerprint density at radius 1 is 1.28 bits per heavy atom. The Morgan fingerprint density at radius 2 is 2.12 bits per heavy atom. The molecule has 1 aliphatic carbocycles. The van der Waals surface area contributed by atoms with Crippen molar-refractivity contribution >= 4 is 11.8 Å². The first kappa shape index (κ1) is 16.2. The zero-order valence-electron chi connectivity index (χ0n) is 14.4. The lowest BCUT2D eigenvalue weighted by Crippen LogP contribution is -2.55. The number of benzene rings is 1. The molecule has 4 unspecified atom stereocenters. The van der Waals surface area contributed by atoms with Crippen molar-refractivity contribution in [2.75, 3.05) is 6.79 Å². The van der Waals surface area contributed by atoms with Gasteiger partial charge in [-0.25, -0.2) is 0 Å². The number of amides is 2. The number of hydrogen-bond donors (Lipinski definition) is 2. The molecule has 2 aliphatic heterocycles. The second-order valence-corrected chi connectivity index (χ2v) is 7.26. The van der Waals surface area contributed by atoms with Crippen LogP contribution in [0.1, 0.15) is 49.4 Å². The predicted molar refractivity (Wildman–Crippen MR) is 91.5 cm³/mol. The molecule has 0 spiro atoms. The Kier molecular flexibility index (Phi) is 4.27. The average molecular weight is 344 g/mol. The van der Waals surface area contributed by atoms with Crippen LogP contribution in [-0.2, 0) is 4.79 Å². The van der Waals surface area contributed by atoms with Crippen LogP contribution in [0.3, 0.4) is 0 Å². The highest BCUT2D eigenvalue weighted by molar-refractivity contribution is 5.95. The van der Waals surface area contributed by atoms with Crippen molar-refractivity contribution in [1.29, 1.82) is 0 Å². The fourth-order valence-corrected chi connectivity index (χ4v) is 4.46. The van der Waals surface area contributed by atoms with E-state index in [1.807, 2.05) is 0 Å². The fraction of sp³-hybridized carbons (Fsp3) is 0.579. The van der Waals surface area contributed by atoms with Crippen LogP contribution in [0, 0.1) is 11.8 Å². The maximum Gasteiger partial charge on any atom is 0.251 e. The molecule has 4 rings (SSSR count). The molecule has 6 nitrogen and oxygen atoms in total. The molecule has 2 heterocycles. The minimum Gasteiger partial charge on any atom is -0.454 e. The summed E-state index contributed by atoms with van der Waals surface area (Å²) in [6.45, 7) is 2.36. The number of carbonyl (C=O) groups excluding carboxylic acids is 2. The SMILES string of the molecule is CCC1CC(=O)NC2CC(NC(=O)c3ccc4c(c3)OCO4)CCC12. The third kappa shape index (κ3) is 3.17. The normalized spacial score (nSPS) is 30.4. The van der Waals surface area contributed by atoms with Crippen LogP contribution in [-0.4, -0.2) is 30.7 Å². The molecular formula is C19H24N2O4. The Bertz CT molecular complexity index is 690. The van der Waals surface area contributed by atoms with Crippen LogP contribution in [0.5, 0.6) is 11.5 Å². The van der Waals surface area contributed by atoms with Gasteiger partial charge in [0.15, 0.2) is 11.5 Å². The predicted octanol–water partition coefficient (Wildman–Crippen LogP) is 2.23. The molecule has 1 saturated heterocycles. The molecule has 2 fully saturated rings. The third-order valence-corrected chi connectivity index (χ3v) is 5.80. The summed E-state index contributed by atoms with van der Waals surface area (Å²) in [5.74, 6) is 2.35. The highest BCUT2D eigenvalue weighted by Crippen LogP contribution is 2.37. The molecule has 2 N–H and O–H groups in total. The summed E-state index contributed by atoms with van der Waals surface area (Å²) in [4.78, 5) is 24.5. The summed E-state index contributed by atoms with van der Waals surface area (Å²) < 4.78 is 10.6. The number of carbonyl (C=O) groups is 2. The monoisotopic (exact) mass is 344 g/mol. The van der Waals surface area contributed by atoms with E-state index in [9.17, 15) is 9.59 Å². The first-order valence-electron chi connectivity index (χ1n) is 9.14. The molecule has 0 bridgehead atoms. The van der Waals surface area contributed by atoms with Crippen LogP contribution in [0.4, 0.5) is 0 Å². The van der Waals surface area contributed by atoms with Gasteiger partial charge >= 0.3 is 0 Å². The van der Waals surface area contributed by atoms with Crippen LogP contribution in [0.15, 0.2) is 18.2 Å². The van der Waals surface area contributed by atoms with E-state index in [-0.39, 0.29) is 30.7 Å². The van der Waals surface area contributed by atoms with Crippen LogP contribution in [0.25, 0.3) is 0 Å². The highest BCUT2D eigenvalue weighted by Gasteiger charge is 2.40. The number of hydrogen-bond acceptors (Lipinski definition) is 4. The number of ether oxygens (including phenoxy) is 2. The minimum absolute atomic E-state index is 0.0927. The van der Waals surface area contributed by atoms with Crippen molar-refractivity contribution in [2.24, 2.45) is 11.8 Å². The third-order valence-electron chi connectivity index (χ3n) is 5.80. The van der Waals surface area contributed by atoms with Crippen molar-refractivity contribution in [3.8, 4) is 11.5 Å². The van der Waals surface area contributed by atoms with Crippen LogP contribution >= 0.6 is 0 Å². The largest absolute Gasteiger partial charge is 0.454 e. The summed E-state index contributed by atoms with van der Waals surface area (Å²) in [6, 6.07) is 5.52. The molecule has 4 atom stereocenters. The molecular weight excluding hydrogens is 320 g/mol. The summed E-state index contributed by atoms with van der Waals surface area (Å²) >= 11 is 0. The van der Waals surface area contributed by atoms with E-state index >= 15 is 0 Å². The average Bonchev–Trinajstić information content (AvgIpc) is 3.08. The number of rotatable bonds is 3. The Labute approximate surface area is 147 Å². The summed E-state index contributed by atoms with van der Waals surface area (Å²) in [5.41, 5.74) is 0.575. The molecule has 2 amide bonds. The molecule has 0 radical (unpaired) electrons. The second kappa shape index (κ2) is 6.58. The zero-order chi connectivity index (χ0) is 17.4. The van der Waals surface area contributed by atoms with Crippen molar-refractivity contribution < 1.29 is 19.1 Å². The standard InChI is InChI=1S/C19H24N2O4/c1-2-11-8-18(22)21-15-9-13(4-5-14(11)15)20-19(23)12-3-6-16-17(7-12)25-10-24-16/h3,6-7,11,13-15H,2,4-5,8-10H2,1H3,(H,20,23)(H,21,22). The van der Waals surface area contributed by atoms with Crippen LogP contribution in [0.2, 0.25) is 0 Å². The van der Waals surface area contributed by atoms with Gasteiger partial charge in [-0.1, -0.05) is 13.3 Å².